The number of hydrogen-bond acceptors (Lipinski definition) is 4. The van der Waals surface area contributed by atoms with Crippen molar-refractivity contribution in [3.8, 4) is 5.75 Å². The summed E-state index contributed by atoms with van der Waals surface area (Å²) in [5.74, 6) is 1.25. The lowest BCUT2D eigenvalue weighted by atomic mass is 10.1. The fourth-order valence-corrected chi connectivity index (χ4v) is 3.66. The molecule has 1 saturated heterocycles. The third-order valence-corrected chi connectivity index (χ3v) is 5.28. The van der Waals surface area contributed by atoms with E-state index in [1.807, 2.05) is 19.1 Å². The molecule has 3 rings (SSSR count). The van der Waals surface area contributed by atoms with Gasteiger partial charge in [0, 0.05) is 51.0 Å². The molecule has 1 fully saturated rings. The summed E-state index contributed by atoms with van der Waals surface area (Å²) in [7, 11) is 1.68. The van der Waals surface area contributed by atoms with Crippen molar-refractivity contribution in [2.75, 3.05) is 57.8 Å². The molecule has 180 valence electrons. The molecular weight excluding hydrogens is 536 g/mol. The Morgan fingerprint density at radius 1 is 1.09 bits per heavy atom. The van der Waals surface area contributed by atoms with E-state index in [4.69, 9.17) is 4.74 Å². The summed E-state index contributed by atoms with van der Waals surface area (Å²) in [6, 6.07) is 14.2. The highest BCUT2D eigenvalue weighted by Crippen LogP contribution is 2.22. The first kappa shape index (κ1) is 26.7. The molecule has 0 bridgehead atoms. The molecule has 0 spiro atoms. The average molecular weight is 569 g/mol. The number of aliphatic imine (C=N–C) groups is 1. The minimum Gasteiger partial charge on any atom is -0.497 e. The summed E-state index contributed by atoms with van der Waals surface area (Å²) in [5, 5.41) is 6.20. The molecule has 1 heterocycles. The van der Waals surface area contributed by atoms with Gasteiger partial charge in [0.1, 0.15) is 11.6 Å². The molecule has 0 aliphatic carbocycles. The number of anilines is 1. The summed E-state index contributed by atoms with van der Waals surface area (Å²) in [6.45, 7) is 7.23. The first-order valence-electron chi connectivity index (χ1n) is 11.0. The number of nitrogens with one attached hydrogen (secondary N) is 2. The number of hydrogen-bond donors (Lipinski definition) is 2. The molecule has 33 heavy (non-hydrogen) atoms. The van der Waals surface area contributed by atoms with Gasteiger partial charge in [-0.2, -0.15) is 0 Å². The molecule has 1 aliphatic heterocycles. The van der Waals surface area contributed by atoms with Gasteiger partial charge in [-0.05, 0) is 36.8 Å². The molecule has 0 atom stereocenters. The summed E-state index contributed by atoms with van der Waals surface area (Å²) >= 11 is 0. The highest BCUT2D eigenvalue weighted by molar-refractivity contribution is 14.0. The van der Waals surface area contributed by atoms with Crippen LogP contribution in [-0.4, -0.2) is 69.7 Å². The number of halogens is 2. The topological polar surface area (TPSA) is 69.2 Å². The number of ether oxygens (including phenoxy) is 1. The predicted octanol–water partition coefficient (Wildman–Crippen LogP) is 2.90. The lowest BCUT2D eigenvalue weighted by Crippen LogP contribution is -2.52. The largest absolute Gasteiger partial charge is 0.497 e. The SMILES string of the molecule is CCNC(=NCCNC(=O)Cc1cccc(F)c1)N1CCN(c2cccc(OC)c2)CC1.I. The zero-order chi connectivity index (χ0) is 22.8. The van der Waals surface area contributed by atoms with Gasteiger partial charge in [-0.15, -0.1) is 24.0 Å². The number of amides is 1. The van der Waals surface area contributed by atoms with Gasteiger partial charge in [0.25, 0.3) is 0 Å². The van der Waals surface area contributed by atoms with E-state index in [0.29, 0.717) is 18.7 Å². The van der Waals surface area contributed by atoms with Crippen LogP contribution in [0.5, 0.6) is 5.75 Å². The fraction of sp³-hybridized carbons (Fsp3) is 0.417. The van der Waals surface area contributed by atoms with E-state index < -0.39 is 0 Å². The summed E-state index contributed by atoms with van der Waals surface area (Å²) < 4.78 is 18.6. The number of rotatable bonds is 8. The number of piperazine rings is 1. The Bertz CT molecular complexity index is 919. The highest BCUT2D eigenvalue weighted by Gasteiger charge is 2.20. The number of nitrogens with zero attached hydrogens (tertiary/aromatic N) is 3. The van der Waals surface area contributed by atoms with E-state index in [1.54, 1.807) is 19.2 Å². The molecule has 2 N–H and O–H groups in total. The predicted molar refractivity (Wildman–Crippen MR) is 141 cm³/mol. The van der Waals surface area contributed by atoms with Gasteiger partial charge in [0.15, 0.2) is 5.96 Å². The second-order valence-corrected chi connectivity index (χ2v) is 7.57. The zero-order valence-corrected chi connectivity index (χ0v) is 21.6. The maximum absolute atomic E-state index is 13.2. The van der Waals surface area contributed by atoms with Gasteiger partial charge in [-0.25, -0.2) is 4.39 Å². The lowest BCUT2D eigenvalue weighted by Gasteiger charge is -2.37. The maximum Gasteiger partial charge on any atom is 0.224 e. The lowest BCUT2D eigenvalue weighted by molar-refractivity contribution is -0.120. The van der Waals surface area contributed by atoms with Crippen LogP contribution >= 0.6 is 24.0 Å². The summed E-state index contributed by atoms with van der Waals surface area (Å²) in [5.41, 5.74) is 1.82. The Balaban J connectivity index is 0.00000385. The number of carbonyl (C=O) groups excluding carboxylic acids is 1. The number of benzene rings is 2. The monoisotopic (exact) mass is 569 g/mol. The summed E-state index contributed by atoms with van der Waals surface area (Å²) in [6.07, 6.45) is 0.160. The Morgan fingerprint density at radius 3 is 2.55 bits per heavy atom. The smallest absolute Gasteiger partial charge is 0.224 e. The van der Waals surface area contributed by atoms with E-state index in [0.717, 1.165) is 50.1 Å². The molecule has 1 aliphatic rings. The van der Waals surface area contributed by atoms with E-state index in [2.05, 4.69) is 37.6 Å². The van der Waals surface area contributed by atoms with Crippen molar-refractivity contribution in [2.24, 2.45) is 4.99 Å². The van der Waals surface area contributed by atoms with Crippen molar-refractivity contribution in [1.82, 2.24) is 15.5 Å². The molecule has 1 amide bonds. The molecule has 2 aromatic carbocycles. The average Bonchev–Trinajstić information content (AvgIpc) is 2.81. The Kier molecular flexibility index (Phi) is 11.2. The highest BCUT2D eigenvalue weighted by atomic mass is 127. The third kappa shape index (κ3) is 8.38. The molecule has 9 heteroatoms. The normalized spacial score (nSPS) is 13.8. The maximum atomic E-state index is 13.2. The number of methoxy groups -OCH3 is 1. The van der Waals surface area contributed by atoms with Crippen LogP contribution in [0.4, 0.5) is 10.1 Å². The molecule has 0 radical (unpaired) electrons. The Hall–Kier alpha value is -2.56. The van der Waals surface area contributed by atoms with Gasteiger partial charge in [-0.1, -0.05) is 18.2 Å². The summed E-state index contributed by atoms with van der Waals surface area (Å²) in [4.78, 5) is 21.4. The second-order valence-electron chi connectivity index (χ2n) is 7.57. The molecule has 0 unspecified atom stereocenters. The van der Waals surface area contributed by atoms with E-state index in [-0.39, 0.29) is 42.1 Å². The van der Waals surface area contributed by atoms with Crippen molar-refractivity contribution in [3.63, 3.8) is 0 Å². The number of guanidine groups is 1. The zero-order valence-electron chi connectivity index (χ0n) is 19.2. The minimum absolute atomic E-state index is 0. The molecule has 0 saturated carbocycles. The van der Waals surface area contributed by atoms with Crippen molar-refractivity contribution >= 4 is 41.5 Å². The van der Waals surface area contributed by atoms with Gasteiger partial charge >= 0.3 is 0 Å². The van der Waals surface area contributed by atoms with Crippen molar-refractivity contribution in [3.05, 3.63) is 59.9 Å². The van der Waals surface area contributed by atoms with Crippen LogP contribution in [0.2, 0.25) is 0 Å². The van der Waals surface area contributed by atoms with E-state index >= 15 is 0 Å². The van der Waals surface area contributed by atoms with Crippen LogP contribution in [0, 0.1) is 5.82 Å². The second kappa shape index (κ2) is 13.9. The Morgan fingerprint density at radius 2 is 1.85 bits per heavy atom. The quantitative estimate of drug-likeness (QED) is 0.222. The fourth-order valence-electron chi connectivity index (χ4n) is 3.66. The first-order valence-corrected chi connectivity index (χ1v) is 11.0. The molecule has 7 nitrogen and oxygen atoms in total. The van der Waals surface area contributed by atoms with Crippen molar-refractivity contribution in [1.29, 1.82) is 0 Å². The van der Waals surface area contributed by atoms with Gasteiger partial charge < -0.3 is 25.2 Å². The van der Waals surface area contributed by atoms with Crippen LogP contribution in [0.25, 0.3) is 0 Å². The van der Waals surface area contributed by atoms with E-state index in [9.17, 15) is 9.18 Å². The van der Waals surface area contributed by atoms with Gasteiger partial charge in [0.05, 0.1) is 20.1 Å². The minimum atomic E-state index is -0.332. The number of carbonyl (C=O) groups is 1. The van der Waals surface area contributed by atoms with Crippen LogP contribution in [0.3, 0.4) is 0 Å². The van der Waals surface area contributed by atoms with Crippen molar-refractivity contribution in [2.45, 2.75) is 13.3 Å². The molecular formula is C24H33FIN5O2. The van der Waals surface area contributed by atoms with Crippen molar-refractivity contribution < 1.29 is 13.9 Å². The van der Waals surface area contributed by atoms with Crippen LogP contribution in [-0.2, 0) is 11.2 Å². The molecule has 0 aromatic heterocycles. The van der Waals surface area contributed by atoms with Gasteiger partial charge in [-0.3, -0.25) is 9.79 Å². The van der Waals surface area contributed by atoms with Crippen LogP contribution < -0.4 is 20.3 Å². The van der Waals surface area contributed by atoms with Crippen LogP contribution in [0.15, 0.2) is 53.5 Å². The third-order valence-electron chi connectivity index (χ3n) is 5.28. The van der Waals surface area contributed by atoms with Gasteiger partial charge in [0.2, 0.25) is 5.91 Å². The van der Waals surface area contributed by atoms with E-state index in [1.165, 1.54) is 12.1 Å². The first-order chi connectivity index (χ1) is 15.6. The standard InChI is InChI=1S/C24H32FN5O2.HI/c1-3-26-24(28-11-10-27-23(31)17-19-6-4-7-20(25)16-19)30-14-12-29(13-15-30)21-8-5-9-22(18-21)32-2;/h4-9,16,18H,3,10-15,17H2,1-2H3,(H,26,28)(H,27,31);1H. The molecule has 2 aromatic rings. The Labute approximate surface area is 212 Å². The van der Waals surface area contributed by atoms with Crippen LogP contribution in [0.1, 0.15) is 12.5 Å².